The summed E-state index contributed by atoms with van der Waals surface area (Å²) in [5.74, 6) is -0.674. The zero-order valence-electron chi connectivity index (χ0n) is 26.4. The number of alkyl carbamates (subject to hydrolysis) is 1. The maximum Gasteiger partial charge on any atom is 0.407 e. The van der Waals surface area contributed by atoms with E-state index < -0.39 is 29.1 Å². The molecule has 4 heterocycles. The van der Waals surface area contributed by atoms with Gasteiger partial charge in [0.1, 0.15) is 23.2 Å². The highest BCUT2D eigenvalue weighted by Crippen LogP contribution is 2.27. The van der Waals surface area contributed by atoms with Gasteiger partial charge in [0.25, 0.3) is 11.5 Å². The van der Waals surface area contributed by atoms with Crippen molar-refractivity contribution in [3.8, 4) is 0 Å². The molecule has 4 rings (SSSR count). The van der Waals surface area contributed by atoms with Gasteiger partial charge in [0, 0.05) is 61.1 Å². The summed E-state index contributed by atoms with van der Waals surface area (Å²) in [6, 6.07) is 3.05. The van der Waals surface area contributed by atoms with Crippen LogP contribution in [0.1, 0.15) is 76.0 Å². The lowest BCUT2D eigenvalue weighted by molar-refractivity contribution is -0.148. The van der Waals surface area contributed by atoms with Gasteiger partial charge in [-0.3, -0.25) is 19.3 Å². The molecule has 3 aromatic rings. The average molecular weight is 641 g/mol. The molecule has 45 heavy (non-hydrogen) atoms. The van der Waals surface area contributed by atoms with E-state index in [-0.39, 0.29) is 35.9 Å². The lowest BCUT2D eigenvalue weighted by Gasteiger charge is -2.33. The molecule has 1 saturated heterocycles. The van der Waals surface area contributed by atoms with Crippen LogP contribution in [-0.4, -0.2) is 75.4 Å². The fraction of sp³-hybridized carbons (Fsp3) is 0.484. The molecule has 0 radical (unpaired) electrons. The number of piperidine rings is 1. The fourth-order valence-electron chi connectivity index (χ4n) is 4.54. The number of ether oxygens (including phenoxy) is 2. The van der Waals surface area contributed by atoms with Crippen molar-refractivity contribution in [1.29, 1.82) is 0 Å². The normalized spacial score (nSPS) is 14.5. The molecule has 0 spiro atoms. The minimum Gasteiger partial charge on any atom is -0.457 e. The molecular weight excluding hydrogens is 600 g/mol. The van der Waals surface area contributed by atoms with E-state index in [4.69, 9.17) is 19.6 Å². The molecule has 1 aliphatic heterocycles. The maximum absolute atomic E-state index is 13.8. The number of pyridine rings is 1. The van der Waals surface area contributed by atoms with E-state index >= 15 is 0 Å². The molecule has 0 saturated carbocycles. The molecule has 242 valence electrons. The minimum atomic E-state index is -0.712. The number of carbonyl (C=O) groups is 3. The van der Waals surface area contributed by atoms with Crippen molar-refractivity contribution in [1.82, 2.24) is 19.7 Å². The number of aliphatic hydroxyl groups excluding tert-OH is 1. The van der Waals surface area contributed by atoms with Crippen molar-refractivity contribution in [3.05, 3.63) is 57.0 Å². The number of thiazole rings is 1. The number of carbonyl (C=O) groups excluding carboxylic acids is 3. The number of fused-ring (bicyclic) bond motifs is 1. The summed E-state index contributed by atoms with van der Waals surface area (Å²) >= 11 is 1.33. The van der Waals surface area contributed by atoms with Crippen molar-refractivity contribution in [2.75, 3.05) is 36.5 Å². The smallest absolute Gasteiger partial charge is 0.407 e. The Bertz CT molecular complexity index is 1640. The molecule has 2 amide bonds. The van der Waals surface area contributed by atoms with Gasteiger partial charge in [-0.2, -0.15) is 0 Å². The Morgan fingerprint density at radius 1 is 1.13 bits per heavy atom. The van der Waals surface area contributed by atoms with Crippen LogP contribution in [0.5, 0.6) is 0 Å². The number of aliphatic hydroxyl groups is 1. The van der Waals surface area contributed by atoms with Crippen molar-refractivity contribution in [3.63, 3.8) is 0 Å². The Morgan fingerprint density at radius 2 is 1.84 bits per heavy atom. The Hall–Kier alpha value is -4.30. The molecule has 1 fully saturated rings. The van der Waals surface area contributed by atoms with E-state index in [2.05, 4.69) is 15.6 Å². The zero-order chi connectivity index (χ0) is 32.9. The molecule has 3 N–H and O–H groups in total. The first-order valence-electron chi connectivity index (χ1n) is 14.7. The molecule has 14 heteroatoms. The number of hydrogen-bond donors (Lipinski definition) is 3. The summed E-state index contributed by atoms with van der Waals surface area (Å²) in [5, 5.41) is 16.6. The van der Waals surface area contributed by atoms with E-state index in [0.29, 0.717) is 42.4 Å². The van der Waals surface area contributed by atoms with Gasteiger partial charge in [0.15, 0.2) is 5.13 Å². The SMILES string of the molecule is CC(C)(C)OC(=O)C=Cc1c(N2CCC(OC(=O)NCCO)CC2)nc2cc(C(=O)Nc3nc(C(C)(C)C)cs3)ccn2c1=O. The second kappa shape index (κ2) is 13.8. The van der Waals surface area contributed by atoms with Gasteiger partial charge in [0.2, 0.25) is 0 Å². The largest absolute Gasteiger partial charge is 0.457 e. The van der Waals surface area contributed by atoms with Gasteiger partial charge < -0.3 is 24.8 Å². The van der Waals surface area contributed by atoms with Gasteiger partial charge in [0.05, 0.1) is 17.9 Å². The summed E-state index contributed by atoms with van der Waals surface area (Å²) < 4.78 is 12.1. The zero-order valence-corrected chi connectivity index (χ0v) is 27.2. The van der Waals surface area contributed by atoms with Crippen LogP contribution in [0.15, 0.2) is 34.6 Å². The predicted molar refractivity (Wildman–Crippen MR) is 172 cm³/mol. The molecule has 3 aromatic heterocycles. The first-order valence-corrected chi connectivity index (χ1v) is 15.6. The molecular formula is C31H40N6O7S. The molecule has 0 atom stereocenters. The van der Waals surface area contributed by atoms with E-state index in [9.17, 15) is 19.2 Å². The average Bonchev–Trinajstić information content (AvgIpc) is 3.44. The summed E-state index contributed by atoms with van der Waals surface area (Å²) in [4.78, 5) is 62.5. The summed E-state index contributed by atoms with van der Waals surface area (Å²) in [6.45, 7) is 12.1. The third-order valence-electron chi connectivity index (χ3n) is 6.79. The second-order valence-electron chi connectivity index (χ2n) is 12.6. The molecule has 0 unspecified atom stereocenters. The number of nitrogens with zero attached hydrogens (tertiary/aromatic N) is 4. The third kappa shape index (κ3) is 8.88. The van der Waals surface area contributed by atoms with Crippen LogP contribution in [0.3, 0.4) is 0 Å². The van der Waals surface area contributed by atoms with Crippen molar-refractivity contribution >= 4 is 52.0 Å². The van der Waals surface area contributed by atoms with Gasteiger partial charge >= 0.3 is 12.1 Å². The number of esters is 1. The van der Waals surface area contributed by atoms with E-state index in [1.807, 2.05) is 31.1 Å². The highest BCUT2D eigenvalue weighted by Gasteiger charge is 2.26. The first-order chi connectivity index (χ1) is 21.1. The van der Waals surface area contributed by atoms with Crippen LogP contribution in [0.2, 0.25) is 0 Å². The van der Waals surface area contributed by atoms with Crippen LogP contribution in [0, 0.1) is 0 Å². The van der Waals surface area contributed by atoms with E-state index in [1.54, 1.807) is 20.8 Å². The highest BCUT2D eigenvalue weighted by molar-refractivity contribution is 7.14. The lowest BCUT2D eigenvalue weighted by atomic mass is 9.93. The van der Waals surface area contributed by atoms with Crippen molar-refractivity contribution in [2.24, 2.45) is 0 Å². The molecule has 0 aromatic carbocycles. The Morgan fingerprint density at radius 3 is 2.47 bits per heavy atom. The number of rotatable bonds is 8. The maximum atomic E-state index is 13.8. The number of hydrogen-bond acceptors (Lipinski definition) is 11. The Kier molecular flexibility index (Phi) is 10.3. The van der Waals surface area contributed by atoms with Crippen LogP contribution in [-0.2, 0) is 19.7 Å². The first kappa shape index (κ1) is 33.6. The molecule has 0 aliphatic carbocycles. The highest BCUT2D eigenvalue weighted by atomic mass is 32.1. The quantitative estimate of drug-likeness (QED) is 0.244. The Labute approximate surface area is 265 Å². The second-order valence-corrected chi connectivity index (χ2v) is 13.5. The van der Waals surface area contributed by atoms with E-state index in [1.165, 1.54) is 46.2 Å². The summed E-state index contributed by atoms with van der Waals surface area (Å²) in [7, 11) is 0. The van der Waals surface area contributed by atoms with E-state index in [0.717, 1.165) is 5.69 Å². The van der Waals surface area contributed by atoms with Crippen LogP contribution >= 0.6 is 11.3 Å². The monoisotopic (exact) mass is 640 g/mol. The number of anilines is 2. The van der Waals surface area contributed by atoms with Gasteiger partial charge in [-0.15, -0.1) is 11.3 Å². The third-order valence-corrected chi connectivity index (χ3v) is 7.55. The van der Waals surface area contributed by atoms with Crippen LogP contribution in [0.4, 0.5) is 15.7 Å². The van der Waals surface area contributed by atoms with Gasteiger partial charge in [-0.1, -0.05) is 20.8 Å². The van der Waals surface area contributed by atoms with Gasteiger partial charge in [-0.25, -0.2) is 19.6 Å². The number of aromatic nitrogens is 3. The fourth-order valence-corrected chi connectivity index (χ4v) is 5.47. The van der Waals surface area contributed by atoms with Crippen LogP contribution in [0.25, 0.3) is 11.7 Å². The minimum absolute atomic E-state index is 0.0950. The van der Waals surface area contributed by atoms with Gasteiger partial charge in [-0.05, 0) is 39.0 Å². The number of amides is 2. The van der Waals surface area contributed by atoms with Crippen molar-refractivity contribution in [2.45, 2.75) is 71.5 Å². The molecule has 1 aliphatic rings. The summed E-state index contributed by atoms with van der Waals surface area (Å²) in [6.07, 6.45) is 4.03. The Balaban J connectivity index is 1.64. The predicted octanol–water partition coefficient (Wildman–Crippen LogP) is 3.74. The van der Waals surface area contributed by atoms with Crippen molar-refractivity contribution < 1.29 is 29.0 Å². The molecule has 13 nitrogen and oxygen atoms in total. The standard InChI is InChI=1S/C31H40N6O7S/c1-30(2,3)22-18-45-28(33-22)35-26(40)19-9-15-37-23(17-19)34-25(21(27(37)41)7-8-24(39)44-31(4,5)6)36-13-10-20(11-14-36)43-29(42)32-12-16-38/h7-9,15,17-18,20,38H,10-14,16H2,1-6H3,(H,32,42)(H,33,35,40). The van der Waals surface area contributed by atoms with Crippen LogP contribution < -0.4 is 21.1 Å². The number of nitrogens with one attached hydrogen (secondary N) is 2. The lowest BCUT2D eigenvalue weighted by Crippen LogP contribution is -2.41. The molecule has 0 bridgehead atoms. The summed E-state index contributed by atoms with van der Waals surface area (Å²) in [5.41, 5.74) is 0.270. The topological polar surface area (TPSA) is 164 Å².